The quantitative estimate of drug-likeness (QED) is 0.442. The van der Waals surface area contributed by atoms with Crippen molar-refractivity contribution in [2.45, 2.75) is 70.1 Å². The highest BCUT2D eigenvalue weighted by Crippen LogP contribution is 2.29. The van der Waals surface area contributed by atoms with Gasteiger partial charge in [0, 0.05) is 19.4 Å². The van der Waals surface area contributed by atoms with Gasteiger partial charge in [-0.2, -0.15) is 0 Å². The Morgan fingerprint density at radius 2 is 2.18 bits per heavy atom. The second kappa shape index (κ2) is 9.94. The summed E-state index contributed by atoms with van der Waals surface area (Å²) in [5.74, 6) is -1.52. The van der Waals surface area contributed by atoms with Gasteiger partial charge in [-0.1, -0.05) is 38.3 Å². The van der Waals surface area contributed by atoms with Gasteiger partial charge >= 0.3 is 5.97 Å². The lowest BCUT2D eigenvalue weighted by atomic mass is 9.87. The minimum absolute atomic E-state index is 0.182. The van der Waals surface area contributed by atoms with Gasteiger partial charge in [-0.25, -0.2) is 0 Å². The fraction of sp³-hybridized carbons (Fsp3) is 0.812. The number of aliphatic hydroxyl groups excluding tert-OH is 2. The summed E-state index contributed by atoms with van der Waals surface area (Å²) in [6.45, 7) is 2.10. The Morgan fingerprint density at radius 3 is 2.77 bits per heavy atom. The van der Waals surface area contributed by atoms with Gasteiger partial charge in [0.05, 0.1) is 24.7 Å². The molecule has 0 bridgehead atoms. The Morgan fingerprint density at radius 1 is 1.45 bits per heavy atom. The van der Waals surface area contributed by atoms with Crippen molar-refractivity contribution in [3.63, 3.8) is 0 Å². The molecule has 1 heterocycles. The predicted molar refractivity (Wildman–Crippen MR) is 81.3 cm³/mol. The highest BCUT2D eigenvalue weighted by atomic mass is 16.7. The molecule has 5 atom stereocenters. The minimum Gasteiger partial charge on any atom is -0.481 e. The Kier molecular flexibility index (Phi) is 8.63. The van der Waals surface area contributed by atoms with Crippen molar-refractivity contribution < 1.29 is 29.6 Å². The van der Waals surface area contributed by atoms with E-state index in [1.165, 1.54) is 7.11 Å². The van der Waals surface area contributed by atoms with Crippen LogP contribution in [0.3, 0.4) is 0 Å². The first-order valence-electron chi connectivity index (χ1n) is 7.92. The van der Waals surface area contributed by atoms with Gasteiger partial charge in [0.25, 0.3) is 0 Å². The third-order valence-corrected chi connectivity index (χ3v) is 3.96. The fourth-order valence-corrected chi connectivity index (χ4v) is 2.65. The Bertz CT molecular complexity index is 357. The molecule has 0 aliphatic carbocycles. The molecule has 128 valence electrons. The topological polar surface area (TPSA) is 96.2 Å². The van der Waals surface area contributed by atoms with Gasteiger partial charge in [-0.15, -0.1) is 0 Å². The van der Waals surface area contributed by atoms with Gasteiger partial charge in [0.15, 0.2) is 6.29 Å². The summed E-state index contributed by atoms with van der Waals surface area (Å²) in [6.07, 6.45) is 4.57. The van der Waals surface area contributed by atoms with Crippen molar-refractivity contribution in [1.82, 2.24) is 0 Å². The number of carbonyl (C=O) groups is 1. The van der Waals surface area contributed by atoms with Crippen molar-refractivity contribution >= 4 is 5.97 Å². The van der Waals surface area contributed by atoms with E-state index in [1.54, 1.807) is 12.2 Å². The maximum absolute atomic E-state index is 11.0. The molecule has 3 N–H and O–H groups in total. The maximum atomic E-state index is 11.0. The number of unbranched alkanes of at least 4 members (excludes halogenated alkanes) is 2. The summed E-state index contributed by atoms with van der Waals surface area (Å²) in [5, 5.41) is 29.0. The lowest BCUT2D eigenvalue weighted by Crippen LogP contribution is -2.45. The molecule has 1 rings (SSSR count). The van der Waals surface area contributed by atoms with Crippen LogP contribution in [0.1, 0.15) is 45.4 Å². The number of rotatable bonds is 9. The van der Waals surface area contributed by atoms with Crippen LogP contribution >= 0.6 is 0 Å². The smallest absolute Gasteiger partial charge is 0.303 e. The summed E-state index contributed by atoms with van der Waals surface area (Å²) in [4.78, 5) is 11.0. The van der Waals surface area contributed by atoms with Gasteiger partial charge < -0.3 is 24.8 Å². The largest absolute Gasteiger partial charge is 0.481 e. The van der Waals surface area contributed by atoms with Crippen molar-refractivity contribution in [2.24, 2.45) is 5.92 Å². The zero-order valence-electron chi connectivity index (χ0n) is 13.4. The van der Waals surface area contributed by atoms with E-state index in [1.807, 2.05) is 0 Å². The van der Waals surface area contributed by atoms with E-state index in [0.29, 0.717) is 6.42 Å². The molecule has 0 saturated carbocycles. The van der Waals surface area contributed by atoms with E-state index in [0.717, 1.165) is 19.3 Å². The van der Waals surface area contributed by atoms with E-state index >= 15 is 0 Å². The lowest BCUT2D eigenvalue weighted by molar-refractivity contribution is -0.215. The van der Waals surface area contributed by atoms with Crippen LogP contribution in [0.4, 0.5) is 0 Å². The normalized spacial score (nSPS) is 30.5. The van der Waals surface area contributed by atoms with Crippen LogP contribution in [0.15, 0.2) is 12.2 Å². The predicted octanol–water partition coefficient (Wildman–Crippen LogP) is 1.70. The Labute approximate surface area is 131 Å². The van der Waals surface area contributed by atoms with Crippen LogP contribution in [0.2, 0.25) is 0 Å². The number of carboxylic acids is 1. The standard InChI is InChI=1S/C16H28O6/c1-3-4-5-6-11(17)7-8-14-12(9-15(19)20)13(18)10-16(21-2)22-14/h7-8,11-14,16-18H,3-6,9-10H2,1-2H3,(H,19,20)/t11-,12-,13-,14+,16-/m0/s1. The zero-order valence-corrected chi connectivity index (χ0v) is 13.4. The Balaban J connectivity index is 2.65. The van der Waals surface area contributed by atoms with Crippen molar-refractivity contribution in [3.05, 3.63) is 12.2 Å². The first kappa shape index (κ1) is 19.1. The molecule has 1 aliphatic rings. The molecular formula is C16H28O6. The molecule has 0 spiro atoms. The molecule has 0 aromatic carbocycles. The van der Waals surface area contributed by atoms with Gasteiger partial charge in [0.2, 0.25) is 0 Å². The third kappa shape index (κ3) is 6.44. The molecule has 0 radical (unpaired) electrons. The van der Waals surface area contributed by atoms with Crippen LogP contribution in [0.5, 0.6) is 0 Å². The van der Waals surface area contributed by atoms with Crippen molar-refractivity contribution in [2.75, 3.05) is 7.11 Å². The van der Waals surface area contributed by atoms with Crippen LogP contribution in [0.25, 0.3) is 0 Å². The Hall–Kier alpha value is -0.950. The average molecular weight is 316 g/mol. The number of methoxy groups -OCH3 is 1. The number of aliphatic hydroxyl groups is 2. The van der Waals surface area contributed by atoms with E-state index in [4.69, 9.17) is 14.6 Å². The van der Waals surface area contributed by atoms with Crippen LogP contribution in [0, 0.1) is 5.92 Å². The van der Waals surface area contributed by atoms with Gasteiger partial charge in [0.1, 0.15) is 0 Å². The number of aliphatic carboxylic acids is 1. The molecule has 1 aliphatic heterocycles. The second-order valence-corrected chi connectivity index (χ2v) is 5.78. The monoisotopic (exact) mass is 316 g/mol. The molecule has 6 heteroatoms. The molecule has 0 amide bonds. The van der Waals surface area contributed by atoms with Crippen LogP contribution < -0.4 is 0 Å². The highest BCUT2D eigenvalue weighted by molar-refractivity contribution is 5.67. The van der Waals surface area contributed by atoms with Crippen LogP contribution in [-0.4, -0.2) is 53.0 Å². The maximum Gasteiger partial charge on any atom is 0.303 e. The van der Waals surface area contributed by atoms with Crippen LogP contribution in [-0.2, 0) is 14.3 Å². The van der Waals surface area contributed by atoms with E-state index in [9.17, 15) is 15.0 Å². The van der Waals surface area contributed by atoms with E-state index < -0.39 is 36.5 Å². The SMILES string of the molecule is CCCCC[C@H](O)C=C[C@H]1O[C@H](OC)C[C@H](O)[C@@H]1CC(=O)O. The molecule has 0 unspecified atom stereocenters. The molecule has 22 heavy (non-hydrogen) atoms. The van der Waals surface area contributed by atoms with E-state index in [2.05, 4.69) is 6.92 Å². The second-order valence-electron chi connectivity index (χ2n) is 5.78. The third-order valence-electron chi connectivity index (χ3n) is 3.96. The van der Waals surface area contributed by atoms with Crippen molar-refractivity contribution in [1.29, 1.82) is 0 Å². The first-order valence-corrected chi connectivity index (χ1v) is 7.92. The summed E-state index contributed by atoms with van der Waals surface area (Å²) >= 11 is 0. The summed E-state index contributed by atoms with van der Waals surface area (Å²) in [7, 11) is 1.48. The fourth-order valence-electron chi connectivity index (χ4n) is 2.65. The summed E-state index contributed by atoms with van der Waals surface area (Å²) in [6, 6.07) is 0. The lowest BCUT2D eigenvalue weighted by Gasteiger charge is -2.37. The number of ether oxygens (including phenoxy) is 2. The molecule has 0 aromatic rings. The average Bonchev–Trinajstić information content (AvgIpc) is 2.47. The number of hydrogen-bond acceptors (Lipinski definition) is 5. The minimum atomic E-state index is -0.981. The van der Waals surface area contributed by atoms with Gasteiger partial charge in [-0.3, -0.25) is 4.79 Å². The molecular weight excluding hydrogens is 288 g/mol. The zero-order chi connectivity index (χ0) is 16.5. The first-order chi connectivity index (χ1) is 10.5. The molecule has 0 aromatic heterocycles. The van der Waals surface area contributed by atoms with E-state index in [-0.39, 0.29) is 12.8 Å². The molecule has 1 fully saturated rings. The molecule has 1 saturated heterocycles. The van der Waals surface area contributed by atoms with Crippen molar-refractivity contribution in [3.8, 4) is 0 Å². The number of carboxylic acid groups (broad SMARTS) is 1. The highest BCUT2D eigenvalue weighted by Gasteiger charge is 2.37. The summed E-state index contributed by atoms with van der Waals surface area (Å²) < 4.78 is 10.8. The van der Waals surface area contributed by atoms with Gasteiger partial charge in [-0.05, 0) is 6.42 Å². The number of hydrogen-bond donors (Lipinski definition) is 3. The summed E-state index contributed by atoms with van der Waals surface area (Å²) in [5.41, 5.74) is 0. The molecule has 6 nitrogen and oxygen atoms in total.